The maximum absolute atomic E-state index is 12.3. The van der Waals surface area contributed by atoms with Crippen LogP contribution in [0.5, 0.6) is 5.75 Å². The van der Waals surface area contributed by atoms with Crippen LogP contribution in [-0.2, 0) is 0 Å². The van der Waals surface area contributed by atoms with Crippen molar-refractivity contribution in [3.05, 3.63) is 60.1 Å². The summed E-state index contributed by atoms with van der Waals surface area (Å²) < 4.78 is 40.8. The second-order valence-corrected chi connectivity index (χ2v) is 6.23. The first kappa shape index (κ1) is 20.0. The second kappa shape index (κ2) is 7.34. The van der Waals surface area contributed by atoms with Crippen molar-refractivity contribution in [3.63, 3.8) is 0 Å². The van der Waals surface area contributed by atoms with Crippen LogP contribution in [0.25, 0.3) is 0 Å². The summed E-state index contributed by atoms with van der Waals surface area (Å²) in [6.45, 7) is 0. The minimum absolute atomic E-state index is 0. The van der Waals surface area contributed by atoms with Crippen LogP contribution in [0.2, 0.25) is 0 Å². The summed E-state index contributed by atoms with van der Waals surface area (Å²) in [5.74, 6) is -0.462. The average molecular weight is 459 g/mol. The van der Waals surface area contributed by atoms with Gasteiger partial charge in [-0.05, 0) is 36.4 Å². The van der Waals surface area contributed by atoms with Crippen molar-refractivity contribution in [2.45, 2.75) is 6.36 Å². The standard InChI is InChI=1S/C17H12BrF3N4O2.H2O/c18-9-13-15-16(26)24(10-5-7-11(8-6-10)27-17(19,20)21)23-25(15)14-4-2-1-3-12(14)22-13;/h1-8,23,26H,9H2;1H2. The third kappa shape index (κ3) is 3.51. The Morgan fingerprint density at radius 2 is 1.75 bits per heavy atom. The van der Waals surface area contributed by atoms with Crippen LogP contribution >= 0.6 is 15.9 Å². The van der Waals surface area contributed by atoms with Crippen LogP contribution in [0.1, 0.15) is 0 Å². The predicted octanol–water partition coefficient (Wildman–Crippen LogP) is 3.71. The number of anilines is 2. The van der Waals surface area contributed by atoms with E-state index in [9.17, 15) is 18.3 Å². The first-order valence-corrected chi connectivity index (χ1v) is 8.88. The van der Waals surface area contributed by atoms with E-state index in [0.717, 1.165) is 11.4 Å². The lowest BCUT2D eigenvalue weighted by molar-refractivity contribution is -0.274. The summed E-state index contributed by atoms with van der Waals surface area (Å²) in [6, 6.07) is 12.5. The fourth-order valence-corrected chi connectivity index (χ4v) is 3.24. The predicted molar refractivity (Wildman–Crippen MR) is 102 cm³/mol. The Hall–Kier alpha value is -2.76. The van der Waals surface area contributed by atoms with E-state index in [1.165, 1.54) is 29.3 Å². The Morgan fingerprint density at radius 3 is 2.39 bits per heavy atom. The Labute approximate surface area is 165 Å². The Bertz CT molecular complexity index is 947. The maximum Gasteiger partial charge on any atom is 0.573 e. The van der Waals surface area contributed by atoms with Gasteiger partial charge in [-0.3, -0.25) is 0 Å². The molecule has 0 saturated heterocycles. The van der Waals surface area contributed by atoms with Gasteiger partial charge in [0.1, 0.15) is 11.4 Å². The number of nitrogens with one attached hydrogen (secondary N) is 1. The third-order valence-electron chi connectivity index (χ3n) is 3.95. The third-order valence-corrected chi connectivity index (χ3v) is 4.48. The molecule has 2 aromatic rings. The largest absolute Gasteiger partial charge is 0.573 e. The number of ether oxygens (including phenoxy) is 1. The van der Waals surface area contributed by atoms with Gasteiger partial charge in [0.15, 0.2) is 0 Å². The summed E-state index contributed by atoms with van der Waals surface area (Å²) in [7, 11) is 0. The van der Waals surface area contributed by atoms with Crippen molar-refractivity contribution in [2.75, 3.05) is 15.3 Å². The van der Waals surface area contributed by atoms with Gasteiger partial charge < -0.3 is 15.3 Å². The number of hydrogen-bond donors (Lipinski definition) is 2. The van der Waals surface area contributed by atoms with E-state index in [1.807, 2.05) is 24.3 Å². The number of alkyl halides is 4. The van der Waals surface area contributed by atoms with E-state index in [4.69, 9.17) is 0 Å². The molecule has 2 aromatic carbocycles. The number of benzene rings is 2. The fraction of sp³-hybridized carbons (Fsp3) is 0.118. The number of nitrogens with zero attached hydrogens (tertiary/aromatic N) is 3. The molecule has 0 aliphatic carbocycles. The zero-order chi connectivity index (χ0) is 19.2. The molecule has 0 spiro atoms. The highest BCUT2D eigenvalue weighted by Gasteiger charge is 2.37. The number of rotatable bonds is 3. The first-order chi connectivity index (χ1) is 12.9. The van der Waals surface area contributed by atoms with Gasteiger partial charge in [-0.1, -0.05) is 28.1 Å². The molecule has 28 heavy (non-hydrogen) atoms. The van der Waals surface area contributed by atoms with Crippen LogP contribution in [0.15, 0.2) is 65.1 Å². The number of allylic oxidation sites excluding steroid dienone is 1. The summed E-state index contributed by atoms with van der Waals surface area (Å²) in [4.78, 5) is 4.54. The van der Waals surface area contributed by atoms with Crippen molar-refractivity contribution in [2.24, 2.45) is 4.99 Å². The quantitative estimate of drug-likeness (QED) is 0.683. The summed E-state index contributed by atoms with van der Waals surface area (Å²) >= 11 is 3.37. The number of aliphatic hydroxyl groups is 1. The lowest BCUT2D eigenvalue weighted by Crippen LogP contribution is -2.43. The summed E-state index contributed by atoms with van der Waals surface area (Å²) in [6.07, 6.45) is -4.76. The van der Waals surface area contributed by atoms with Crippen LogP contribution in [-0.4, -0.2) is 28.0 Å². The normalized spacial score (nSPS) is 15.6. The number of halogens is 4. The van der Waals surface area contributed by atoms with Gasteiger partial charge in [0.25, 0.3) is 0 Å². The molecule has 0 unspecified atom stereocenters. The zero-order valence-corrected chi connectivity index (χ0v) is 15.6. The van der Waals surface area contributed by atoms with Crippen LogP contribution < -0.4 is 20.3 Å². The van der Waals surface area contributed by atoms with Crippen LogP contribution in [0.4, 0.5) is 30.2 Å². The highest BCUT2D eigenvalue weighted by atomic mass is 79.9. The molecule has 2 aliphatic rings. The van der Waals surface area contributed by atoms with E-state index in [1.54, 1.807) is 5.01 Å². The monoisotopic (exact) mass is 458 g/mol. The molecule has 11 heteroatoms. The SMILES string of the molecule is O.OC1=C2C(CBr)=Nc3ccccc3N2NN1c1ccc(OC(F)(F)F)cc1. The molecule has 0 amide bonds. The molecule has 2 aliphatic heterocycles. The minimum Gasteiger partial charge on any atom is -0.492 e. The number of aliphatic hydroxyl groups excluding tert-OH is 1. The van der Waals surface area contributed by atoms with Gasteiger partial charge in [0.05, 0.1) is 22.8 Å². The van der Waals surface area contributed by atoms with Crippen molar-refractivity contribution in [3.8, 4) is 5.75 Å². The first-order valence-electron chi connectivity index (χ1n) is 7.76. The van der Waals surface area contributed by atoms with Gasteiger partial charge in [-0.2, -0.15) is 0 Å². The van der Waals surface area contributed by atoms with Crippen molar-refractivity contribution in [1.29, 1.82) is 0 Å². The Morgan fingerprint density at radius 1 is 1.07 bits per heavy atom. The van der Waals surface area contributed by atoms with Crippen molar-refractivity contribution < 1.29 is 28.5 Å². The number of hydrogen-bond acceptors (Lipinski definition) is 6. The molecule has 0 bridgehead atoms. The van der Waals surface area contributed by atoms with Gasteiger partial charge in [0, 0.05) is 5.33 Å². The molecule has 7 nitrogen and oxygen atoms in total. The molecular weight excluding hydrogens is 445 g/mol. The summed E-state index contributed by atoms with van der Waals surface area (Å²) in [5, 5.41) is 14.1. The average Bonchev–Trinajstić information content (AvgIpc) is 2.98. The van der Waals surface area contributed by atoms with E-state index in [0.29, 0.717) is 22.4 Å². The fourth-order valence-electron chi connectivity index (χ4n) is 2.85. The van der Waals surface area contributed by atoms with E-state index in [-0.39, 0.29) is 17.1 Å². The van der Waals surface area contributed by atoms with Gasteiger partial charge in [-0.15, -0.1) is 18.7 Å². The zero-order valence-electron chi connectivity index (χ0n) is 14.0. The lowest BCUT2D eigenvalue weighted by Gasteiger charge is -2.28. The van der Waals surface area contributed by atoms with Gasteiger partial charge in [0.2, 0.25) is 5.88 Å². The molecule has 0 radical (unpaired) electrons. The van der Waals surface area contributed by atoms with E-state index >= 15 is 0 Å². The molecule has 0 saturated carbocycles. The molecular formula is C17H14BrF3N4O3. The van der Waals surface area contributed by atoms with E-state index in [2.05, 4.69) is 31.2 Å². The minimum atomic E-state index is -4.76. The molecule has 0 aromatic heterocycles. The topological polar surface area (TPSA) is 91.8 Å². The molecule has 2 heterocycles. The molecule has 4 N–H and O–H groups in total. The lowest BCUT2D eigenvalue weighted by atomic mass is 10.1. The molecule has 4 rings (SSSR count). The maximum atomic E-state index is 12.3. The molecule has 148 valence electrons. The number of para-hydroxylation sites is 2. The number of hydrazine groups is 2. The van der Waals surface area contributed by atoms with Crippen molar-refractivity contribution >= 4 is 38.7 Å². The number of aliphatic imine (C=N–C) groups is 1. The van der Waals surface area contributed by atoms with Gasteiger partial charge >= 0.3 is 6.36 Å². The van der Waals surface area contributed by atoms with Gasteiger partial charge in [-0.25, -0.2) is 15.0 Å². The highest BCUT2D eigenvalue weighted by Crippen LogP contribution is 2.40. The van der Waals surface area contributed by atoms with Crippen LogP contribution in [0, 0.1) is 0 Å². The summed E-state index contributed by atoms with van der Waals surface area (Å²) in [5.41, 5.74) is 5.99. The smallest absolute Gasteiger partial charge is 0.492 e. The Kier molecular flexibility index (Phi) is 5.24. The number of fused-ring (bicyclic) bond motifs is 3. The highest BCUT2D eigenvalue weighted by molar-refractivity contribution is 9.09. The molecule has 0 atom stereocenters. The van der Waals surface area contributed by atoms with Crippen LogP contribution in [0.3, 0.4) is 0 Å². The van der Waals surface area contributed by atoms with E-state index < -0.39 is 6.36 Å². The van der Waals surface area contributed by atoms with Crippen molar-refractivity contribution in [1.82, 2.24) is 5.53 Å². The Balaban J connectivity index is 0.00000225. The molecule has 0 fully saturated rings. The second-order valence-electron chi connectivity index (χ2n) is 5.67.